The molecule has 86 valence electrons. The Morgan fingerprint density at radius 1 is 1.31 bits per heavy atom. The summed E-state index contributed by atoms with van der Waals surface area (Å²) in [5.74, 6) is -0.539. The Morgan fingerprint density at radius 2 is 1.94 bits per heavy atom. The Morgan fingerprint density at radius 3 is 2.50 bits per heavy atom. The van der Waals surface area contributed by atoms with E-state index in [0.717, 1.165) is 0 Å². The second-order valence-electron chi connectivity index (χ2n) is 3.32. The number of amides is 1. The molecule has 0 heterocycles. The molecule has 4 heteroatoms. The highest BCUT2D eigenvalue weighted by molar-refractivity contribution is 6.01. The van der Waals surface area contributed by atoms with Gasteiger partial charge in [0.25, 0.3) is 0 Å². The lowest BCUT2D eigenvalue weighted by Crippen LogP contribution is -2.25. The number of para-hydroxylation sites is 1. The summed E-state index contributed by atoms with van der Waals surface area (Å²) in [5.41, 5.74) is 0.968. The number of hydrogen-bond acceptors (Lipinski definition) is 3. The minimum Gasteiger partial charge on any atom is -0.462 e. The molecular formula is C12H15NO3. The first-order chi connectivity index (χ1) is 7.57. The summed E-state index contributed by atoms with van der Waals surface area (Å²) in [5, 5.41) is 0. The molecule has 1 aromatic carbocycles. The van der Waals surface area contributed by atoms with Gasteiger partial charge in [0.15, 0.2) is 0 Å². The van der Waals surface area contributed by atoms with E-state index < -0.39 is 5.97 Å². The highest BCUT2D eigenvalue weighted by atomic mass is 16.5. The van der Waals surface area contributed by atoms with Crippen LogP contribution in [0.25, 0.3) is 0 Å². The predicted octanol–water partition coefficient (Wildman–Crippen LogP) is 1.85. The molecule has 0 saturated carbocycles. The summed E-state index contributed by atoms with van der Waals surface area (Å²) in [6, 6.07) is 6.88. The third kappa shape index (κ3) is 2.59. The van der Waals surface area contributed by atoms with Crippen molar-refractivity contribution in [1.82, 2.24) is 0 Å². The van der Waals surface area contributed by atoms with Gasteiger partial charge >= 0.3 is 5.97 Å². The number of carbonyl (C=O) groups is 2. The van der Waals surface area contributed by atoms with Crippen molar-refractivity contribution in [3.63, 3.8) is 0 Å². The number of hydrogen-bond donors (Lipinski definition) is 0. The SMILES string of the molecule is CCOC(=O)c1ccccc1N(C)C(C)=O. The Bertz CT molecular complexity index is 401. The fourth-order valence-corrected chi connectivity index (χ4v) is 1.32. The number of benzene rings is 1. The first-order valence-electron chi connectivity index (χ1n) is 5.08. The van der Waals surface area contributed by atoms with Crippen molar-refractivity contribution < 1.29 is 14.3 Å². The van der Waals surface area contributed by atoms with E-state index in [4.69, 9.17) is 4.74 Å². The zero-order valence-corrected chi connectivity index (χ0v) is 9.69. The smallest absolute Gasteiger partial charge is 0.340 e. The molecule has 0 radical (unpaired) electrons. The Kier molecular flexibility index (Phi) is 4.05. The van der Waals surface area contributed by atoms with Crippen LogP contribution >= 0.6 is 0 Å². The van der Waals surface area contributed by atoms with Gasteiger partial charge in [-0.3, -0.25) is 4.79 Å². The molecular weight excluding hydrogens is 206 g/mol. The molecule has 0 aromatic heterocycles. The van der Waals surface area contributed by atoms with Crippen molar-refractivity contribution in [2.75, 3.05) is 18.6 Å². The van der Waals surface area contributed by atoms with Crippen LogP contribution in [0.4, 0.5) is 5.69 Å². The normalized spacial score (nSPS) is 9.69. The molecule has 0 N–H and O–H groups in total. The summed E-state index contributed by atoms with van der Waals surface area (Å²) < 4.78 is 4.92. The fraction of sp³-hybridized carbons (Fsp3) is 0.333. The van der Waals surface area contributed by atoms with Crippen LogP contribution in [-0.2, 0) is 9.53 Å². The number of rotatable bonds is 3. The van der Waals surface area contributed by atoms with E-state index in [-0.39, 0.29) is 5.91 Å². The molecule has 16 heavy (non-hydrogen) atoms. The van der Waals surface area contributed by atoms with Gasteiger partial charge < -0.3 is 9.64 Å². The van der Waals surface area contributed by atoms with Gasteiger partial charge in [0.1, 0.15) is 0 Å². The van der Waals surface area contributed by atoms with Gasteiger partial charge in [-0.2, -0.15) is 0 Å². The van der Waals surface area contributed by atoms with E-state index >= 15 is 0 Å². The lowest BCUT2D eigenvalue weighted by atomic mass is 10.1. The highest BCUT2D eigenvalue weighted by Gasteiger charge is 2.16. The first-order valence-corrected chi connectivity index (χ1v) is 5.08. The summed E-state index contributed by atoms with van der Waals surface area (Å²) in [7, 11) is 1.63. The third-order valence-electron chi connectivity index (χ3n) is 2.23. The molecule has 0 saturated heterocycles. The first kappa shape index (κ1) is 12.2. The van der Waals surface area contributed by atoms with Gasteiger partial charge in [-0.1, -0.05) is 12.1 Å². The summed E-state index contributed by atoms with van der Waals surface area (Å²) in [6.45, 7) is 3.51. The van der Waals surface area contributed by atoms with Crippen molar-refractivity contribution in [3.8, 4) is 0 Å². The quantitative estimate of drug-likeness (QED) is 0.732. The average Bonchev–Trinajstić information content (AvgIpc) is 2.28. The van der Waals surface area contributed by atoms with Crippen LogP contribution in [0.1, 0.15) is 24.2 Å². The molecule has 1 aromatic rings. The molecule has 0 unspecified atom stereocenters. The molecule has 0 atom stereocenters. The van der Waals surface area contributed by atoms with Gasteiger partial charge in [0, 0.05) is 14.0 Å². The molecule has 0 aliphatic rings. The van der Waals surface area contributed by atoms with Gasteiger partial charge in [0.2, 0.25) is 5.91 Å². The Balaban J connectivity index is 3.09. The van der Waals surface area contributed by atoms with Crippen molar-refractivity contribution >= 4 is 17.6 Å². The maximum atomic E-state index is 11.6. The van der Waals surface area contributed by atoms with E-state index in [1.54, 1.807) is 38.2 Å². The number of anilines is 1. The summed E-state index contributed by atoms with van der Waals surface area (Å²) in [6.07, 6.45) is 0. The minimum atomic E-state index is -0.411. The number of carbonyl (C=O) groups excluding carboxylic acids is 2. The highest BCUT2D eigenvalue weighted by Crippen LogP contribution is 2.20. The molecule has 0 aliphatic carbocycles. The molecule has 0 bridgehead atoms. The topological polar surface area (TPSA) is 46.6 Å². The third-order valence-corrected chi connectivity index (χ3v) is 2.23. The number of esters is 1. The Labute approximate surface area is 94.8 Å². The van der Waals surface area contributed by atoms with Crippen LogP contribution in [0.2, 0.25) is 0 Å². The van der Waals surface area contributed by atoms with E-state index in [1.165, 1.54) is 11.8 Å². The van der Waals surface area contributed by atoms with Crippen LogP contribution in [-0.4, -0.2) is 25.5 Å². The lowest BCUT2D eigenvalue weighted by Gasteiger charge is -2.17. The largest absolute Gasteiger partial charge is 0.462 e. The molecule has 1 rings (SSSR count). The number of ether oxygens (including phenoxy) is 1. The zero-order chi connectivity index (χ0) is 12.1. The maximum absolute atomic E-state index is 11.6. The minimum absolute atomic E-state index is 0.128. The molecule has 1 amide bonds. The molecule has 0 spiro atoms. The van der Waals surface area contributed by atoms with Crippen molar-refractivity contribution in [3.05, 3.63) is 29.8 Å². The van der Waals surface area contributed by atoms with Crippen LogP contribution in [0.15, 0.2) is 24.3 Å². The number of nitrogens with zero attached hydrogens (tertiary/aromatic N) is 1. The van der Waals surface area contributed by atoms with Crippen LogP contribution < -0.4 is 4.90 Å². The zero-order valence-electron chi connectivity index (χ0n) is 9.69. The monoisotopic (exact) mass is 221 g/mol. The van der Waals surface area contributed by atoms with Gasteiger partial charge in [-0.05, 0) is 19.1 Å². The van der Waals surface area contributed by atoms with Crippen molar-refractivity contribution in [2.45, 2.75) is 13.8 Å². The van der Waals surface area contributed by atoms with E-state index in [0.29, 0.717) is 17.9 Å². The summed E-state index contributed by atoms with van der Waals surface area (Å²) >= 11 is 0. The average molecular weight is 221 g/mol. The van der Waals surface area contributed by atoms with Gasteiger partial charge in [-0.15, -0.1) is 0 Å². The van der Waals surface area contributed by atoms with E-state index in [2.05, 4.69) is 0 Å². The van der Waals surface area contributed by atoms with Gasteiger partial charge in [0.05, 0.1) is 17.9 Å². The lowest BCUT2D eigenvalue weighted by molar-refractivity contribution is -0.116. The van der Waals surface area contributed by atoms with Crippen LogP contribution in [0.3, 0.4) is 0 Å². The predicted molar refractivity (Wildman–Crippen MR) is 61.5 cm³/mol. The standard InChI is InChI=1S/C12H15NO3/c1-4-16-12(15)10-7-5-6-8-11(10)13(3)9(2)14/h5-8H,4H2,1-3H3. The van der Waals surface area contributed by atoms with Crippen molar-refractivity contribution in [1.29, 1.82) is 0 Å². The van der Waals surface area contributed by atoms with Crippen molar-refractivity contribution in [2.24, 2.45) is 0 Å². The van der Waals surface area contributed by atoms with E-state index in [1.807, 2.05) is 0 Å². The van der Waals surface area contributed by atoms with E-state index in [9.17, 15) is 9.59 Å². The second-order valence-corrected chi connectivity index (χ2v) is 3.32. The van der Waals surface area contributed by atoms with Crippen LogP contribution in [0.5, 0.6) is 0 Å². The van der Waals surface area contributed by atoms with Crippen LogP contribution in [0, 0.1) is 0 Å². The molecule has 0 fully saturated rings. The summed E-state index contributed by atoms with van der Waals surface area (Å²) in [4.78, 5) is 24.3. The fourth-order valence-electron chi connectivity index (χ4n) is 1.32. The molecule has 0 aliphatic heterocycles. The second kappa shape index (κ2) is 5.30. The van der Waals surface area contributed by atoms with Gasteiger partial charge in [-0.25, -0.2) is 4.79 Å². The maximum Gasteiger partial charge on any atom is 0.340 e. The Hall–Kier alpha value is -1.84. The molecule has 4 nitrogen and oxygen atoms in total.